The molecule has 0 bridgehead atoms. The molecule has 0 saturated carbocycles. The third-order valence-electron chi connectivity index (χ3n) is 3.65. The Morgan fingerprint density at radius 3 is 2.57 bits per heavy atom. The first-order valence-electron chi connectivity index (χ1n) is 8.32. The molecule has 122 valence electrons. The van der Waals surface area contributed by atoms with E-state index in [0.717, 1.165) is 24.8 Å². The Labute approximate surface area is 139 Å². The predicted octanol–water partition coefficient (Wildman–Crippen LogP) is 5.54. The molecular formula is C21H26O2. The summed E-state index contributed by atoms with van der Waals surface area (Å²) in [6.45, 7) is 7.83. The zero-order valence-electron chi connectivity index (χ0n) is 14.6. The fourth-order valence-electron chi connectivity index (χ4n) is 2.61. The minimum atomic E-state index is -0.467. The van der Waals surface area contributed by atoms with Gasteiger partial charge in [0.25, 0.3) is 0 Å². The van der Waals surface area contributed by atoms with E-state index in [1.807, 2.05) is 39.0 Å². The number of hydrogen-bond donors (Lipinski definition) is 0. The van der Waals surface area contributed by atoms with Crippen molar-refractivity contribution in [3.63, 3.8) is 0 Å². The standard InChI is InChI=1S/C21H26O2/c1-5-6-9-16-12-13-17-10-7-8-11-18(17)19(16)14-15-20(22)23-21(2,3)4/h7-8,10-15H,5-6,9H2,1-4H3/b15-14+. The highest BCUT2D eigenvalue weighted by atomic mass is 16.6. The fraction of sp³-hybridized carbons (Fsp3) is 0.381. The lowest BCUT2D eigenvalue weighted by molar-refractivity contribution is -0.148. The van der Waals surface area contributed by atoms with Crippen LogP contribution in [-0.4, -0.2) is 11.6 Å². The van der Waals surface area contributed by atoms with Crippen molar-refractivity contribution < 1.29 is 9.53 Å². The van der Waals surface area contributed by atoms with Gasteiger partial charge in [0.15, 0.2) is 0 Å². The lowest BCUT2D eigenvalue weighted by Gasteiger charge is -2.18. The molecule has 2 rings (SSSR count). The summed E-state index contributed by atoms with van der Waals surface area (Å²) in [7, 11) is 0. The first-order chi connectivity index (χ1) is 10.9. The van der Waals surface area contributed by atoms with Crippen LogP contribution in [0.25, 0.3) is 16.8 Å². The molecule has 0 amide bonds. The molecule has 0 saturated heterocycles. The van der Waals surface area contributed by atoms with Crippen LogP contribution in [0.2, 0.25) is 0 Å². The highest BCUT2D eigenvalue weighted by molar-refractivity contribution is 5.96. The van der Waals surface area contributed by atoms with Crippen molar-refractivity contribution >= 4 is 22.8 Å². The summed E-state index contributed by atoms with van der Waals surface area (Å²) in [6, 6.07) is 12.6. The summed E-state index contributed by atoms with van der Waals surface area (Å²) >= 11 is 0. The second kappa shape index (κ2) is 7.45. The molecule has 0 unspecified atom stereocenters. The van der Waals surface area contributed by atoms with Crippen LogP contribution in [0.3, 0.4) is 0 Å². The molecule has 2 nitrogen and oxygen atoms in total. The topological polar surface area (TPSA) is 26.3 Å². The van der Waals surface area contributed by atoms with Gasteiger partial charge < -0.3 is 4.74 Å². The van der Waals surface area contributed by atoms with Gasteiger partial charge in [0.2, 0.25) is 0 Å². The van der Waals surface area contributed by atoms with Crippen LogP contribution < -0.4 is 0 Å². The minimum Gasteiger partial charge on any atom is -0.457 e. The van der Waals surface area contributed by atoms with Gasteiger partial charge in [0, 0.05) is 6.08 Å². The molecule has 0 aliphatic heterocycles. The number of carbonyl (C=O) groups is 1. The van der Waals surface area contributed by atoms with Crippen LogP contribution in [0.15, 0.2) is 42.5 Å². The van der Waals surface area contributed by atoms with Gasteiger partial charge in [-0.05, 0) is 61.6 Å². The van der Waals surface area contributed by atoms with Crippen LogP contribution in [-0.2, 0) is 16.0 Å². The van der Waals surface area contributed by atoms with Crippen molar-refractivity contribution in [3.05, 3.63) is 53.6 Å². The second-order valence-electron chi connectivity index (χ2n) is 6.83. The maximum Gasteiger partial charge on any atom is 0.331 e. The average molecular weight is 310 g/mol. The Morgan fingerprint density at radius 1 is 1.13 bits per heavy atom. The van der Waals surface area contributed by atoms with Crippen molar-refractivity contribution in [1.29, 1.82) is 0 Å². The molecule has 0 aliphatic rings. The van der Waals surface area contributed by atoms with Crippen LogP contribution in [0.5, 0.6) is 0 Å². The number of carbonyl (C=O) groups excluding carboxylic acids is 1. The zero-order chi connectivity index (χ0) is 16.9. The molecule has 0 radical (unpaired) electrons. The first kappa shape index (κ1) is 17.3. The summed E-state index contributed by atoms with van der Waals surface area (Å²) in [5.41, 5.74) is 1.94. The largest absolute Gasteiger partial charge is 0.457 e. The van der Waals surface area contributed by atoms with Crippen LogP contribution >= 0.6 is 0 Å². The highest BCUT2D eigenvalue weighted by Crippen LogP contribution is 2.25. The molecule has 0 fully saturated rings. The van der Waals surface area contributed by atoms with Gasteiger partial charge in [0.1, 0.15) is 5.60 Å². The van der Waals surface area contributed by atoms with Crippen LogP contribution in [0.1, 0.15) is 51.7 Å². The van der Waals surface area contributed by atoms with Crippen molar-refractivity contribution in [2.75, 3.05) is 0 Å². The van der Waals surface area contributed by atoms with E-state index in [-0.39, 0.29) is 5.97 Å². The molecule has 0 spiro atoms. The summed E-state index contributed by atoms with van der Waals surface area (Å²) in [5, 5.41) is 2.37. The van der Waals surface area contributed by atoms with E-state index in [0.29, 0.717) is 0 Å². The second-order valence-corrected chi connectivity index (χ2v) is 6.83. The van der Waals surface area contributed by atoms with Gasteiger partial charge in [-0.25, -0.2) is 4.79 Å². The van der Waals surface area contributed by atoms with Crippen molar-refractivity contribution in [3.8, 4) is 0 Å². The summed E-state index contributed by atoms with van der Waals surface area (Å²) < 4.78 is 5.37. The lowest BCUT2D eigenvalue weighted by Crippen LogP contribution is -2.22. The maximum atomic E-state index is 12.0. The maximum absolute atomic E-state index is 12.0. The Balaban J connectivity index is 2.37. The number of fused-ring (bicyclic) bond motifs is 1. The molecule has 2 heteroatoms. The van der Waals surface area contributed by atoms with E-state index >= 15 is 0 Å². The van der Waals surface area contributed by atoms with Gasteiger partial charge in [-0.1, -0.05) is 49.7 Å². The van der Waals surface area contributed by atoms with Gasteiger partial charge in [-0.3, -0.25) is 0 Å². The number of rotatable bonds is 5. The number of aryl methyl sites for hydroxylation is 1. The molecule has 2 aromatic rings. The molecular weight excluding hydrogens is 284 g/mol. The van der Waals surface area contributed by atoms with Crippen LogP contribution in [0.4, 0.5) is 0 Å². The number of benzene rings is 2. The predicted molar refractivity (Wildman–Crippen MR) is 97.4 cm³/mol. The first-order valence-corrected chi connectivity index (χ1v) is 8.32. The van der Waals surface area contributed by atoms with E-state index in [9.17, 15) is 4.79 Å². The zero-order valence-corrected chi connectivity index (χ0v) is 14.6. The van der Waals surface area contributed by atoms with Crippen LogP contribution in [0, 0.1) is 0 Å². The molecule has 2 aromatic carbocycles. The quantitative estimate of drug-likeness (QED) is 0.535. The van der Waals surface area contributed by atoms with Gasteiger partial charge >= 0.3 is 5.97 Å². The smallest absolute Gasteiger partial charge is 0.331 e. The monoisotopic (exact) mass is 310 g/mol. The van der Waals surface area contributed by atoms with Gasteiger partial charge in [0.05, 0.1) is 0 Å². The Kier molecular flexibility index (Phi) is 5.59. The number of unbranched alkanes of at least 4 members (excludes halogenated alkanes) is 1. The summed E-state index contributed by atoms with van der Waals surface area (Å²) in [5.74, 6) is -0.299. The number of esters is 1. The SMILES string of the molecule is CCCCc1ccc2ccccc2c1/C=C/C(=O)OC(C)(C)C. The Hall–Kier alpha value is -2.09. The molecule has 0 aromatic heterocycles. The van der Waals surface area contributed by atoms with Crippen molar-refractivity contribution in [2.45, 2.75) is 52.6 Å². The number of hydrogen-bond acceptors (Lipinski definition) is 2. The van der Waals surface area contributed by atoms with Crippen molar-refractivity contribution in [1.82, 2.24) is 0 Å². The highest BCUT2D eigenvalue weighted by Gasteiger charge is 2.14. The number of ether oxygens (including phenoxy) is 1. The van der Waals surface area contributed by atoms with E-state index in [1.165, 1.54) is 16.3 Å². The van der Waals surface area contributed by atoms with E-state index < -0.39 is 5.60 Å². The summed E-state index contributed by atoms with van der Waals surface area (Å²) in [6.07, 6.45) is 6.77. The summed E-state index contributed by atoms with van der Waals surface area (Å²) in [4.78, 5) is 12.0. The lowest BCUT2D eigenvalue weighted by atomic mass is 9.95. The fourth-order valence-corrected chi connectivity index (χ4v) is 2.61. The van der Waals surface area contributed by atoms with Gasteiger partial charge in [-0.15, -0.1) is 0 Å². The average Bonchev–Trinajstić information content (AvgIpc) is 2.49. The normalized spacial score (nSPS) is 12.0. The minimum absolute atomic E-state index is 0.299. The Bertz CT molecular complexity index is 705. The van der Waals surface area contributed by atoms with E-state index in [2.05, 4.69) is 31.2 Å². The van der Waals surface area contributed by atoms with Gasteiger partial charge in [-0.2, -0.15) is 0 Å². The van der Waals surface area contributed by atoms with E-state index in [1.54, 1.807) is 6.08 Å². The van der Waals surface area contributed by atoms with Crippen molar-refractivity contribution in [2.24, 2.45) is 0 Å². The van der Waals surface area contributed by atoms with E-state index in [4.69, 9.17) is 4.74 Å². The Morgan fingerprint density at radius 2 is 1.87 bits per heavy atom. The molecule has 23 heavy (non-hydrogen) atoms. The molecule has 0 atom stereocenters. The third-order valence-corrected chi connectivity index (χ3v) is 3.65. The molecule has 0 aliphatic carbocycles. The molecule has 0 heterocycles. The molecule has 0 N–H and O–H groups in total. The third kappa shape index (κ3) is 4.95.